The molecule has 1 unspecified atom stereocenters. The molecule has 0 radical (unpaired) electrons. The molecule has 1 aromatic carbocycles. The molecule has 0 fully saturated rings. The van der Waals surface area contributed by atoms with Crippen molar-refractivity contribution < 1.29 is 12.2 Å². The smallest absolute Gasteiger partial charge is 0.288 e. The van der Waals surface area contributed by atoms with E-state index in [1.165, 1.54) is 10.8 Å². The summed E-state index contributed by atoms with van der Waals surface area (Å²) < 4.78 is 18.1. The quantitative estimate of drug-likeness (QED) is 0.250. The first-order valence-electron chi connectivity index (χ1n) is 9.30. The van der Waals surface area contributed by atoms with E-state index in [2.05, 4.69) is 23.8 Å². The summed E-state index contributed by atoms with van der Waals surface area (Å²) in [6, 6.07) is 10.7. The molecule has 0 aliphatic rings. The van der Waals surface area contributed by atoms with Gasteiger partial charge >= 0.3 is 0 Å². The van der Waals surface area contributed by atoms with Gasteiger partial charge in [0.05, 0.1) is 17.3 Å². The van der Waals surface area contributed by atoms with Crippen molar-refractivity contribution in [3.8, 4) is 17.3 Å². The molecule has 0 bridgehead atoms. The van der Waals surface area contributed by atoms with Crippen molar-refractivity contribution in [2.75, 3.05) is 0 Å². The maximum absolute atomic E-state index is 13.1. The molecule has 0 aliphatic heterocycles. The third kappa shape index (κ3) is 3.79. The van der Waals surface area contributed by atoms with E-state index in [1.54, 1.807) is 35.1 Å². The Morgan fingerprint density at radius 3 is 2.70 bits per heavy atom. The van der Waals surface area contributed by atoms with Crippen molar-refractivity contribution in [3.05, 3.63) is 57.8 Å². The van der Waals surface area contributed by atoms with Crippen LogP contribution in [0.15, 0.2) is 51.8 Å². The minimum absolute atomic E-state index is 0.00761. The Morgan fingerprint density at radius 1 is 1.17 bits per heavy atom. The molecule has 7 nitrogen and oxygen atoms in total. The van der Waals surface area contributed by atoms with Gasteiger partial charge in [0.2, 0.25) is 11.5 Å². The Bertz CT molecular complexity index is 1370. The molecule has 30 heavy (non-hydrogen) atoms. The minimum Gasteiger partial charge on any atom is -0.474 e. The fourth-order valence-corrected chi connectivity index (χ4v) is 3.53. The highest BCUT2D eigenvalue weighted by molar-refractivity contribution is 14.1. The summed E-state index contributed by atoms with van der Waals surface area (Å²) in [5, 5.41) is 0.843. The predicted octanol–water partition coefficient (Wildman–Crippen LogP) is 5.41. The van der Waals surface area contributed by atoms with Crippen LogP contribution in [0.3, 0.4) is 0 Å². The molecule has 1 atom stereocenters. The third-order valence-electron chi connectivity index (χ3n) is 4.88. The van der Waals surface area contributed by atoms with Crippen LogP contribution in [0.5, 0.6) is 11.6 Å². The molecule has 0 saturated carbocycles. The Hall–Kier alpha value is -2.53. The van der Waals surface area contributed by atoms with Crippen LogP contribution in [0.25, 0.3) is 27.7 Å². The lowest BCUT2D eigenvalue weighted by atomic mass is 10.1. The molecular weight excluding hydrogens is 517 g/mol. The first-order chi connectivity index (χ1) is 14.4. The summed E-state index contributed by atoms with van der Waals surface area (Å²) in [5.74, 6) is 1.33. The lowest BCUT2D eigenvalue weighted by Gasteiger charge is -2.17. The maximum atomic E-state index is 13.1. The Labute approximate surface area is 191 Å². The number of pyridine rings is 2. The molecule has 0 spiro atoms. The van der Waals surface area contributed by atoms with Crippen LogP contribution in [0.2, 0.25) is 0 Å². The summed E-state index contributed by atoms with van der Waals surface area (Å²) >= 11 is 7.07. The summed E-state index contributed by atoms with van der Waals surface area (Å²) in [5.41, 5.74) is 1.30. The number of hydrogen-bond acceptors (Lipinski definition) is 7. The van der Waals surface area contributed by atoms with E-state index < -0.39 is 0 Å². The third-order valence-corrected chi connectivity index (χ3v) is 5.62. The molecular formula is C21H18IN3O4S. The van der Waals surface area contributed by atoms with Crippen LogP contribution in [0.4, 0.5) is 0 Å². The first-order valence-corrected chi connectivity index (χ1v) is 10.6. The predicted molar refractivity (Wildman–Crippen MR) is 125 cm³/mol. The molecule has 0 aliphatic carbocycles. The van der Waals surface area contributed by atoms with Crippen molar-refractivity contribution in [3.63, 3.8) is 0 Å². The number of aromatic nitrogens is 3. The minimum atomic E-state index is -0.380. The zero-order valence-electron chi connectivity index (χ0n) is 16.5. The first kappa shape index (κ1) is 20.7. The second-order valence-corrected chi connectivity index (χ2v) is 7.96. The molecule has 3 aromatic heterocycles. The van der Waals surface area contributed by atoms with Crippen LogP contribution >= 0.6 is 35.2 Å². The maximum Gasteiger partial charge on any atom is 0.288 e. The molecule has 3 heterocycles. The van der Waals surface area contributed by atoms with Crippen LogP contribution < -0.4 is 13.4 Å². The second-order valence-electron chi connectivity index (χ2n) is 7.17. The van der Waals surface area contributed by atoms with Crippen LogP contribution in [0.1, 0.15) is 20.8 Å². The van der Waals surface area contributed by atoms with Gasteiger partial charge in [0, 0.05) is 23.7 Å². The summed E-state index contributed by atoms with van der Waals surface area (Å²) in [6.07, 6.45) is 1.55. The molecule has 0 N–H and O–H groups in total. The largest absolute Gasteiger partial charge is 0.474 e. The number of hydrogen-bond donors (Lipinski definition) is 0. The number of fused-ring (bicyclic) bond motifs is 2. The number of nitrogens with zero attached hydrogens (tertiary/aromatic N) is 3. The number of rotatable bonds is 5. The fraction of sp³-hybridized carbons (Fsp3) is 0.238. The van der Waals surface area contributed by atoms with Crippen molar-refractivity contribution in [2.24, 2.45) is 5.92 Å². The van der Waals surface area contributed by atoms with Gasteiger partial charge in [-0.25, -0.2) is 14.5 Å². The number of ether oxygens (including phenoxy) is 1. The summed E-state index contributed by atoms with van der Waals surface area (Å²) in [6.45, 7) is 6.21. The van der Waals surface area contributed by atoms with Gasteiger partial charge in [-0.15, -0.1) is 0 Å². The summed E-state index contributed by atoms with van der Waals surface area (Å²) in [7, 11) is 0. The molecule has 0 amide bonds. The van der Waals surface area contributed by atoms with E-state index in [0.717, 1.165) is 10.9 Å². The van der Waals surface area contributed by atoms with E-state index >= 15 is 0 Å². The highest BCUT2D eigenvalue weighted by Gasteiger charge is 2.15. The van der Waals surface area contributed by atoms with E-state index in [9.17, 15) is 4.79 Å². The monoisotopic (exact) mass is 535 g/mol. The van der Waals surface area contributed by atoms with Crippen LogP contribution in [-0.2, 0) is 0 Å². The van der Waals surface area contributed by atoms with Gasteiger partial charge in [0.25, 0.3) is 10.4 Å². The standard InChI is InChI=1S/C21H18IN3O4S/c1-11(2)12(3)27-17-7-4-13-10-14(5-6-15(13)24-17)25-20(26)18-19(28-21(25)30)16(29-22)8-9-23-18/h4-12H,1-3H3. The Kier molecular flexibility index (Phi) is 5.74. The normalized spacial score (nSPS) is 12.4. The number of benzene rings is 1. The second kappa shape index (κ2) is 8.31. The van der Waals surface area contributed by atoms with Crippen molar-refractivity contribution >= 4 is 57.2 Å². The van der Waals surface area contributed by atoms with E-state index in [-0.39, 0.29) is 27.6 Å². The SMILES string of the molecule is CC(C)C(C)Oc1ccc2cc(-n3c(=S)oc4c(OI)ccnc4c3=O)ccc2n1. The zero-order valence-corrected chi connectivity index (χ0v) is 19.4. The molecule has 154 valence electrons. The van der Waals surface area contributed by atoms with Crippen molar-refractivity contribution in [1.29, 1.82) is 0 Å². The van der Waals surface area contributed by atoms with E-state index in [0.29, 0.717) is 23.2 Å². The highest BCUT2D eigenvalue weighted by atomic mass is 127. The zero-order chi connectivity index (χ0) is 21.4. The van der Waals surface area contributed by atoms with Gasteiger partial charge in [-0.05, 0) is 49.3 Å². The van der Waals surface area contributed by atoms with Gasteiger partial charge in [0.1, 0.15) is 0 Å². The topological polar surface area (TPSA) is 79.4 Å². The lowest BCUT2D eigenvalue weighted by molar-refractivity contribution is 0.164. The Balaban J connectivity index is 1.81. The molecule has 4 aromatic rings. The van der Waals surface area contributed by atoms with Crippen molar-refractivity contribution in [2.45, 2.75) is 26.9 Å². The van der Waals surface area contributed by atoms with E-state index in [1.807, 2.05) is 31.2 Å². The van der Waals surface area contributed by atoms with Gasteiger partial charge in [0.15, 0.2) is 34.3 Å². The lowest BCUT2D eigenvalue weighted by Crippen LogP contribution is -2.20. The average molecular weight is 535 g/mol. The molecule has 4 rings (SSSR count). The molecule has 0 saturated heterocycles. The van der Waals surface area contributed by atoms with Gasteiger partial charge in [-0.1, -0.05) is 13.8 Å². The van der Waals surface area contributed by atoms with Gasteiger partial charge in [-0.3, -0.25) is 4.79 Å². The van der Waals surface area contributed by atoms with Crippen LogP contribution in [-0.4, -0.2) is 20.6 Å². The number of halogens is 1. The highest BCUT2D eigenvalue weighted by Crippen LogP contribution is 2.25. The molecule has 9 heteroatoms. The Morgan fingerprint density at radius 2 is 1.97 bits per heavy atom. The van der Waals surface area contributed by atoms with Crippen molar-refractivity contribution in [1.82, 2.24) is 14.5 Å². The fourth-order valence-electron chi connectivity index (χ4n) is 2.91. The van der Waals surface area contributed by atoms with Gasteiger partial charge < -0.3 is 12.2 Å². The van der Waals surface area contributed by atoms with Gasteiger partial charge in [-0.2, -0.15) is 0 Å². The van der Waals surface area contributed by atoms with E-state index in [4.69, 9.17) is 24.4 Å². The summed E-state index contributed by atoms with van der Waals surface area (Å²) in [4.78, 5) is 21.8. The average Bonchev–Trinajstić information content (AvgIpc) is 2.73. The van der Waals surface area contributed by atoms with Crippen LogP contribution in [0, 0.1) is 10.8 Å².